The molecule has 5 aromatic rings. The lowest BCUT2D eigenvalue weighted by Crippen LogP contribution is -2.53. The molecular weight excluding hydrogens is 529 g/mol. The summed E-state index contributed by atoms with van der Waals surface area (Å²) in [5.74, 6) is -1.98. The second-order valence-corrected chi connectivity index (χ2v) is 11.3. The molecule has 7 nitrogen and oxygen atoms in total. The highest BCUT2D eigenvalue weighted by atomic mass is 32.1. The maximum absolute atomic E-state index is 14.9. The molecule has 0 aliphatic carbocycles. The third kappa shape index (κ3) is 3.09. The first-order chi connectivity index (χ1) is 19.2. The molecule has 1 spiro atoms. The average molecular weight is 552 g/mol. The van der Waals surface area contributed by atoms with E-state index in [1.165, 1.54) is 22.3 Å². The van der Waals surface area contributed by atoms with E-state index in [4.69, 9.17) is 4.42 Å². The highest BCUT2D eigenvalue weighted by Crippen LogP contribution is 2.55. The number of carbonyl (C=O) groups is 2. The molecule has 0 saturated carbocycles. The number of rotatable bonds is 3. The summed E-state index contributed by atoms with van der Waals surface area (Å²) in [6.07, 6.45) is 0. The quantitative estimate of drug-likeness (QED) is 0.285. The molecule has 0 saturated heterocycles. The van der Waals surface area contributed by atoms with Gasteiger partial charge in [0.1, 0.15) is 11.4 Å². The van der Waals surface area contributed by atoms with Gasteiger partial charge < -0.3 is 9.32 Å². The zero-order valence-electron chi connectivity index (χ0n) is 21.8. The molecule has 2 aliphatic heterocycles. The van der Waals surface area contributed by atoms with Crippen LogP contribution in [0.4, 0.5) is 15.2 Å². The zero-order valence-corrected chi connectivity index (χ0v) is 22.6. The molecule has 2 amide bonds. The number of aryl methyl sites for hydroxylation is 3. The number of hydrogen-bond acceptors (Lipinski definition) is 6. The van der Waals surface area contributed by atoms with Gasteiger partial charge in [-0.05, 0) is 56.2 Å². The molecule has 0 N–H and O–H groups in total. The maximum Gasteiger partial charge on any atom is 0.297 e. The molecule has 1 unspecified atom stereocenters. The van der Waals surface area contributed by atoms with E-state index in [2.05, 4.69) is 4.98 Å². The van der Waals surface area contributed by atoms with Crippen molar-refractivity contribution < 1.29 is 18.4 Å². The molecule has 9 heteroatoms. The first-order valence-electron chi connectivity index (χ1n) is 12.7. The Morgan fingerprint density at radius 2 is 1.73 bits per heavy atom. The van der Waals surface area contributed by atoms with Crippen molar-refractivity contribution in [2.24, 2.45) is 0 Å². The Hall–Kier alpha value is -4.63. The molecule has 4 heterocycles. The second kappa shape index (κ2) is 8.43. The number of halogens is 1. The van der Waals surface area contributed by atoms with Gasteiger partial charge in [-0.2, -0.15) is 0 Å². The van der Waals surface area contributed by atoms with Gasteiger partial charge in [-0.15, -0.1) is 11.3 Å². The number of carbonyl (C=O) groups excluding carboxylic acids is 2. The van der Waals surface area contributed by atoms with E-state index >= 15 is 0 Å². The normalized spacial score (nSPS) is 17.8. The van der Waals surface area contributed by atoms with Gasteiger partial charge in [-0.3, -0.25) is 19.3 Å². The number of amides is 2. The molecule has 1 atom stereocenters. The fraction of sp³-hybridized carbons (Fsp3) is 0.161. The Kier molecular flexibility index (Phi) is 5.15. The number of fused-ring (bicyclic) bond motifs is 5. The molecule has 0 radical (unpaired) electrons. The van der Waals surface area contributed by atoms with Crippen LogP contribution in [0, 0.1) is 26.6 Å². The molecule has 2 aliphatic rings. The van der Waals surface area contributed by atoms with Gasteiger partial charge in [-0.25, -0.2) is 9.37 Å². The van der Waals surface area contributed by atoms with Crippen molar-refractivity contribution >= 4 is 44.9 Å². The van der Waals surface area contributed by atoms with Gasteiger partial charge in [0.15, 0.2) is 16.1 Å². The smallest absolute Gasteiger partial charge is 0.297 e. The van der Waals surface area contributed by atoms with Crippen molar-refractivity contribution in [2.75, 3.05) is 9.80 Å². The second-order valence-electron chi connectivity index (χ2n) is 10.1. The molecule has 198 valence electrons. The van der Waals surface area contributed by atoms with E-state index < -0.39 is 28.6 Å². The van der Waals surface area contributed by atoms with E-state index in [0.29, 0.717) is 16.9 Å². The first kappa shape index (κ1) is 24.4. The number of benzene rings is 3. The van der Waals surface area contributed by atoms with Crippen LogP contribution in [0.3, 0.4) is 0 Å². The Balaban J connectivity index is 1.58. The Morgan fingerprint density at radius 3 is 2.48 bits per heavy atom. The molecule has 2 aromatic heterocycles. The number of aromatic nitrogens is 1. The van der Waals surface area contributed by atoms with Crippen LogP contribution in [0.2, 0.25) is 0 Å². The molecule has 3 aromatic carbocycles. The summed E-state index contributed by atoms with van der Waals surface area (Å²) in [4.78, 5) is 51.8. The third-order valence-electron chi connectivity index (χ3n) is 7.88. The van der Waals surface area contributed by atoms with Crippen molar-refractivity contribution in [3.05, 3.63) is 121 Å². The van der Waals surface area contributed by atoms with Crippen LogP contribution in [0.5, 0.6) is 0 Å². The molecule has 40 heavy (non-hydrogen) atoms. The minimum atomic E-state index is -1.87. The molecule has 0 bridgehead atoms. The van der Waals surface area contributed by atoms with Crippen molar-refractivity contribution in [1.29, 1.82) is 0 Å². The lowest BCUT2D eigenvalue weighted by molar-refractivity contribution is -0.121. The van der Waals surface area contributed by atoms with E-state index in [1.54, 1.807) is 17.0 Å². The van der Waals surface area contributed by atoms with Crippen LogP contribution in [-0.2, 0) is 16.9 Å². The largest absolute Gasteiger partial charge is 0.450 e. The molecular formula is C31H22FN3O4S. The predicted molar refractivity (Wildman–Crippen MR) is 150 cm³/mol. The summed E-state index contributed by atoms with van der Waals surface area (Å²) in [6.45, 7) is 5.90. The van der Waals surface area contributed by atoms with Crippen LogP contribution < -0.4 is 15.2 Å². The summed E-state index contributed by atoms with van der Waals surface area (Å²) >= 11 is 1.26. The fourth-order valence-electron chi connectivity index (χ4n) is 5.80. The van der Waals surface area contributed by atoms with E-state index in [1.807, 2.05) is 57.2 Å². The number of hydrogen-bond donors (Lipinski definition) is 0. The Labute approximate surface area is 232 Å². The number of para-hydroxylation sites is 1. The average Bonchev–Trinajstić information content (AvgIpc) is 3.49. The van der Waals surface area contributed by atoms with Gasteiger partial charge in [0.05, 0.1) is 28.9 Å². The van der Waals surface area contributed by atoms with Gasteiger partial charge in [-0.1, -0.05) is 42.5 Å². The Bertz CT molecular complexity index is 1960. The first-order valence-corrected chi connectivity index (χ1v) is 13.6. The maximum atomic E-state index is 14.9. The van der Waals surface area contributed by atoms with Crippen LogP contribution in [0.25, 0.3) is 11.0 Å². The van der Waals surface area contributed by atoms with Gasteiger partial charge >= 0.3 is 0 Å². The van der Waals surface area contributed by atoms with Crippen LogP contribution in [0.15, 0.2) is 75.9 Å². The Morgan fingerprint density at radius 1 is 0.975 bits per heavy atom. The van der Waals surface area contributed by atoms with E-state index in [-0.39, 0.29) is 34.0 Å². The zero-order chi connectivity index (χ0) is 27.9. The number of nitrogens with zero attached hydrogens (tertiary/aromatic N) is 3. The summed E-state index contributed by atoms with van der Waals surface area (Å²) in [5, 5.41) is 0.240. The predicted octanol–water partition coefficient (Wildman–Crippen LogP) is 5.76. The summed E-state index contributed by atoms with van der Waals surface area (Å²) < 4.78 is 20.3. The molecule has 7 rings (SSSR count). The standard InChI is InChI=1S/C31H22FN3O4S/c1-16-8-4-5-9-19(16)15-34-23-11-7-6-10-22(23)31(29(34)38)25-26(36)21-14-20(32)12-13-24(21)39-27(25)28(37)35(31)30-33-17(2)18(3)40-30/h4-14H,15H2,1-3H3. The highest BCUT2D eigenvalue weighted by molar-refractivity contribution is 7.16. The van der Waals surface area contributed by atoms with Crippen molar-refractivity contribution in [3.8, 4) is 0 Å². The van der Waals surface area contributed by atoms with E-state index in [9.17, 15) is 18.8 Å². The minimum Gasteiger partial charge on any atom is -0.450 e. The topological polar surface area (TPSA) is 83.7 Å². The van der Waals surface area contributed by atoms with Crippen molar-refractivity contribution in [1.82, 2.24) is 4.98 Å². The summed E-state index contributed by atoms with van der Waals surface area (Å²) in [6, 6.07) is 18.5. The van der Waals surface area contributed by atoms with Gasteiger partial charge in [0.2, 0.25) is 5.76 Å². The SMILES string of the molecule is Cc1ccccc1CN1C(=O)C2(c3ccccc31)c1c(oc3ccc(F)cc3c1=O)C(=O)N2c1nc(C)c(C)s1. The van der Waals surface area contributed by atoms with Crippen LogP contribution in [0.1, 0.15) is 43.4 Å². The monoisotopic (exact) mass is 551 g/mol. The van der Waals surface area contributed by atoms with Crippen LogP contribution in [-0.4, -0.2) is 16.8 Å². The number of anilines is 2. The molecule has 0 fully saturated rings. The third-order valence-corrected chi connectivity index (χ3v) is 8.94. The van der Waals surface area contributed by atoms with Crippen LogP contribution >= 0.6 is 11.3 Å². The summed E-state index contributed by atoms with van der Waals surface area (Å²) in [7, 11) is 0. The minimum absolute atomic E-state index is 0.0399. The highest BCUT2D eigenvalue weighted by Gasteiger charge is 2.66. The summed E-state index contributed by atoms with van der Waals surface area (Å²) in [5.41, 5.74) is 1.12. The van der Waals surface area contributed by atoms with Crippen molar-refractivity contribution in [3.63, 3.8) is 0 Å². The fourth-order valence-corrected chi connectivity index (χ4v) is 6.76. The lowest BCUT2D eigenvalue weighted by Gasteiger charge is -2.32. The number of thiazole rings is 1. The van der Waals surface area contributed by atoms with Crippen molar-refractivity contribution in [2.45, 2.75) is 32.9 Å². The van der Waals surface area contributed by atoms with Gasteiger partial charge in [0.25, 0.3) is 11.8 Å². The van der Waals surface area contributed by atoms with E-state index in [0.717, 1.165) is 28.1 Å². The lowest BCUT2D eigenvalue weighted by atomic mass is 9.84. The van der Waals surface area contributed by atoms with Gasteiger partial charge in [0, 0.05) is 10.4 Å².